The average Bonchev–Trinajstić information content (AvgIpc) is 2.52. The van der Waals surface area contributed by atoms with Crippen LogP contribution in [-0.2, 0) is 0 Å². The van der Waals surface area contributed by atoms with Crippen LogP contribution in [0, 0.1) is 10.1 Å². The number of halogens is 1. The summed E-state index contributed by atoms with van der Waals surface area (Å²) in [7, 11) is 0. The first kappa shape index (κ1) is 18.3. The lowest BCUT2D eigenvalue weighted by Gasteiger charge is -2.27. The summed E-state index contributed by atoms with van der Waals surface area (Å²) in [6.07, 6.45) is 0.840. The van der Waals surface area contributed by atoms with Crippen LogP contribution < -0.4 is 10.6 Å². The Kier molecular flexibility index (Phi) is 7.79. The van der Waals surface area contributed by atoms with Gasteiger partial charge in [-0.2, -0.15) is 0 Å². The van der Waals surface area contributed by atoms with Crippen LogP contribution in [0.25, 0.3) is 0 Å². The average molecular weight is 329 g/mol. The molecule has 1 fully saturated rings. The third-order valence-corrected chi connectivity index (χ3v) is 3.49. The Morgan fingerprint density at radius 2 is 2.00 bits per heavy atom. The molecule has 1 aliphatic rings. The lowest BCUT2D eigenvalue weighted by atomic mass is 10.1. The van der Waals surface area contributed by atoms with Crippen LogP contribution in [0.5, 0.6) is 0 Å². The molecule has 1 amide bonds. The SMILES string of the molecule is Cl.O=C(NCCCN1CCNCC1)c1ccccc1[N+](=O)[O-]. The molecule has 1 aromatic rings. The third kappa shape index (κ3) is 5.25. The van der Waals surface area contributed by atoms with Gasteiger partial charge in [-0.3, -0.25) is 14.9 Å². The summed E-state index contributed by atoms with van der Waals surface area (Å²) in [5.74, 6) is -0.386. The van der Waals surface area contributed by atoms with E-state index in [0.29, 0.717) is 6.54 Å². The molecule has 1 aliphatic heterocycles. The van der Waals surface area contributed by atoms with Gasteiger partial charge in [0.2, 0.25) is 0 Å². The quantitative estimate of drug-likeness (QED) is 0.463. The third-order valence-electron chi connectivity index (χ3n) is 3.49. The monoisotopic (exact) mass is 328 g/mol. The number of nitrogens with zero attached hydrogens (tertiary/aromatic N) is 2. The first-order valence-electron chi connectivity index (χ1n) is 7.13. The van der Waals surface area contributed by atoms with Crippen molar-refractivity contribution < 1.29 is 9.72 Å². The summed E-state index contributed by atoms with van der Waals surface area (Å²) < 4.78 is 0. The number of nitro groups is 1. The largest absolute Gasteiger partial charge is 0.352 e. The van der Waals surface area contributed by atoms with Crippen LogP contribution in [0.2, 0.25) is 0 Å². The molecule has 1 aromatic carbocycles. The van der Waals surface area contributed by atoms with E-state index >= 15 is 0 Å². The molecule has 0 atom stereocenters. The second-order valence-corrected chi connectivity index (χ2v) is 4.98. The van der Waals surface area contributed by atoms with Gasteiger partial charge in [0.25, 0.3) is 11.6 Å². The van der Waals surface area contributed by atoms with Crippen LogP contribution in [0.4, 0.5) is 5.69 Å². The molecule has 22 heavy (non-hydrogen) atoms. The number of amides is 1. The van der Waals surface area contributed by atoms with E-state index in [9.17, 15) is 14.9 Å². The Bertz CT molecular complexity index is 507. The van der Waals surface area contributed by atoms with Gasteiger partial charge in [-0.05, 0) is 19.0 Å². The van der Waals surface area contributed by atoms with Gasteiger partial charge >= 0.3 is 0 Å². The number of hydrogen-bond acceptors (Lipinski definition) is 5. The number of benzene rings is 1. The molecule has 2 N–H and O–H groups in total. The van der Waals surface area contributed by atoms with E-state index in [4.69, 9.17) is 0 Å². The predicted molar refractivity (Wildman–Crippen MR) is 86.6 cm³/mol. The molecule has 0 unspecified atom stereocenters. The second kappa shape index (κ2) is 9.34. The fourth-order valence-electron chi connectivity index (χ4n) is 2.36. The van der Waals surface area contributed by atoms with Crippen LogP contribution in [0.3, 0.4) is 0 Å². The minimum atomic E-state index is -0.532. The van der Waals surface area contributed by atoms with Gasteiger partial charge in [-0.25, -0.2) is 0 Å². The van der Waals surface area contributed by atoms with Crippen molar-refractivity contribution >= 4 is 24.0 Å². The Balaban J connectivity index is 0.00000242. The highest BCUT2D eigenvalue weighted by Crippen LogP contribution is 2.17. The lowest BCUT2D eigenvalue weighted by Crippen LogP contribution is -2.44. The highest BCUT2D eigenvalue weighted by Gasteiger charge is 2.18. The minimum Gasteiger partial charge on any atom is -0.352 e. The summed E-state index contributed by atoms with van der Waals surface area (Å²) in [5, 5.41) is 16.9. The number of carbonyl (C=O) groups is 1. The first-order chi connectivity index (χ1) is 10.2. The molecule has 0 bridgehead atoms. The zero-order valence-electron chi connectivity index (χ0n) is 12.3. The maximum absolute atomic E-state index is 12.0. The predicted octanol–water partition coefficient (Wildman–Crippen LogP) is 1.04. The summed E-state index contributed by atoms with van der Waals surface area (Å²) in [5.41, 5.74) is -0.0400. The second-order valence-electron chi connectivity index (χ2n) is 4.98. The number of hydrogen-bond donors (Lipinski definition) is 2. The van der Waals surface area contributed by atoms with Crippen LogP contribution in [0.15, 0.2) is 24.3 Å². The van der Waals surface area contributed by atoms with Crippen molar-refractivity contribution in [3.05, 3.63) is 39.9 Å². The number of carbonyl (C=O) groups excluding carboxylic acids is 1. The van der Waals surface area contributed by atoms with E-state index in [1.165, 1.54) is 12.1 Å². The van der Waals surface area contributed by atoms with Crippen LogP contribution >= 0.6 is 12.4 Å². The molecule has 0 aliphatic carbocycles. The fourth-order valence-corrected chi connectivity index (χ4v) is 2.36. The zero-order chi connectivity index (χ0) is 15.1. The summed E-state index contributed by atoms with van der Waals surface area (Å²) in [4.78, 5) is 24.7. The van der Waals surface area contributed by atoms with E-state index in [-0.39, 0.29) is 29.6 Å². The molecular weight excluding hydrogens is 308 g/mol. The van der Waals surface area contributed by atoms with E-state index in [2.05, 4.69) is 15.5 Å². The Morgan fingerprint density at radius 1 is 1.32 bits per heavy atom. The molecule has 2 rings (SSSR count). The standard InChI is InChI=1S/C14H20N4O3.ClH/c19-14(12-4-1-2-5-13(12)18(20)21)16-6-3-9-17-10-7-15-8-11-17;/h1-2,4-5,15H,3,6-11H2,(H,16,19);1H. The topological polar surface area (TPSA) is 87.5 Å². The molecule has 0 aromatic heterocycles. The van der Waals surface area contributed by atoms with Crippen molar-refractivity contribution in [1.29, 1.82) is 0 Å². The molecule has 0 radical (unpaired) electrons. The van der Waals surface area contributed by atoms with Crippen molar-refractivity contribution in [2.75, 3.05) is 39.3 Å². The van der Waals surface area contributed by atoms with Crippen molar-refractivity contribution in [3.63, 3.8) is 0 Å². The van der Waals surface area contributed by atoms with E-state index in [1.807, 2.05) is 0 Å². The van der Waals surface area contributed by atoms with Gasteiger partial charge in [0.05, 0.1) is 4.92 Å². The molecule has 0 spiro atoms. The maximum atomic E-state index is 12.0. The molecule has 0 saturated carbocycles. The van der Waals surface area contributed by atoms with Crippen molar-refractivity contribution in [2.45, 2.75) is 6.42 Å². The van der Waals surface area contributed by atoms with Crippen molar-refractivity contribution in [1.82, 2.24) is 15.5 Å². The van der Waals surface area contributed by atoms with Crippen molar-refractivity contribution in [2.24, 2.45) is 0 Å². The Morgan fingerprint density at radius 3 is 2.68 bits per heavy atom. The van der Waals surface area contributed by atoms with Crippen molar-refractivity contribution in [3.8, 4) is 0 Å². The highest BCUT2D eigenvalue weighted by molar-refractivity contribution is 5.98. The Labute approximate surface area is 135 Å². The normalized spacial score (nSPS) is 14.9. The fraction of sp³-hybridized carbons (Fsp3) is 0.500. The summed E-state index contributed by atoms with van der Waals surface area (Å²) in [6.45, 7) is 5.51. The first-order valence-corrected chi connectivity index (χ1v) is 7.13. The summed E-state index contributed by atoms with van der Waals surface area (Å²) in [6, 6.07) is 6.00. The number of piperazine rings is 1. The molecule has 1 saturated heterocycles. The lowest BCUT2D eigenvalue weighted by molar-refractivity contribution is -0.385. The smallest absolute Gasteiger partial charge is 0.282 e. The molecular formula is C14H21ClN4O3. The van der Waals surface area contributed by atoms with E-state index in [0.717, 1.165) is 39.1 Å². The van der Waals surface area contributed by atoms with Gasteiger partial charge in [-0.1, -0.05) is 12.1 Å². The maximum Gasteiger partial charge on any atom is 0.282 e. The molecule has 1 heterocycles. The van der Waals surface area contributed by atoms with Gasteiger partial charge in [0, 0.05) is 38.8 Å². The van der Waals surface area contributed by atoms with E-state index < -0.39 is 4.92 Å². The van der Waals surface area contributed by atoms with Crippen LogP contribution in [0.1, 0.15) is 16.8 Å². The number of para-hydroxylation sites is 1. The van der Waals surface area contributed by atoms with Crippen LogP contribution in [-0.4, -0.2) is 55.0 Å². The molecule has 7 nitrogen and oxygen atoms in total. The van der Waals surface area contributed by atoms with E-state index in [1.54, 1.807) is 12.1 Å². The van der Waals surface area contributed by atoms with Gasteiger partial charge in [-0.15, -0.1) is 12.4 Å². The highest BCUT2D eigenvalue weighted by atomic mass is 35.5. The Hall–Kier alpha value is -1.70. The van der Waals surface area contributed by atoms with Gasteiger partial charge in [0.1, 0.15) is 5.56 Å². The van der Waals surface area contributed by atoms with Gasteiger partial charge < -0.3 is 15.5 Å². The molecule has 8 heteroatoms. The molecule has 122 valence electrons. The number of nitrogens with one attached hydrogen (secondary N) is 2. The van der Waals surface area contributed by atoms with Gasteiger partial charge in [0.15, 0.2) is 0 Å². The summed E-state index contributed by atoms with van der Waals surface area (Å²) >= 11 is 0. The number of nitro benzene ring substituents is 1. The minimum absolute atomic E-state index is 0. The zero-order valence-corrected chi connectivity index (χ0v) is 13.1. The number of rotatable bonds is 6.